The minimum atomic E-state index is -1.92. The van der Waals surface area contributed by atoms with Crippen molar-refractivity contribution >= 4 is 17.5 Å². The molecule has 0 spiro atoms. The van der Waals surface area contributed by atoms with Crippen molar-refractivity contribution in [3.05, 3.63) is 0 Å². The highest BCUT2D eigenvalue weighted by atomic mass is 32.2. The summed E-state index contributed by atoms with van der Waals surface area (Å²) in [5.74, 6) is 0. The summed E-state index contributed by atoms with van der Waals surface area (Å²) in [7, 11) is 0. The molecule has 0 aliphatic carbocycles. The van der Waals surface area contributed by atoms with Gasteiger partial charge in [0.25, 0.3) is 0 Å². The number of nitrogens with zero attached hydrogens (tertiary/aromatic N) is 1. The maximum Gasteiger partial charge on any atom is 0.315 e. The van der Waals surface area contributed by atoms with Gasteiger partial charge in [0.2, 0.25) is 0 Å². The zero-order chi connectivity index (χ0) is 6.41. The molecule has 1 unspecified atom stereocenters. The van der Waals surface area contributed by atoms with E-state index in [0.717, 1.165) is 0 Å². The first-order chi connectivity index (χ1) is 3.81. The quantitative estimate of drug-likeness (QED) is 0.341. The van der Waals surface area contributed by atoms with Crippen LogP contribution < -0.4 is 0 Å². The highest BCUT2D eigenvalue weighted by Gasteiger charge is 1.91. The molecule has 0 fully saturated rings. The lowest BCUT2D eigenvalue weighted by atomic mass is 10.9. The first-order valence-corrected chi connectivity index (χ1v) is 2.73. The number of hydrogen-bond acceptors (Lipinski definition) is 4. The molecule has 0 aliphatic heterocycles. The predicted octanol–water partition coefficient (Wildman–Crippen LogP) is 0.0770. The van der Waals surface area contributed by atoms with Gasteiger partial charge >= 0.3 is 11.3 Å². The summed E-state index contributed by atoms with van der Waals surface area (Å²) in [6, 6.07) is 0. The molecule has 1 N–H and O–H groups in total. The van der Waals surface area contributed by atoms with E-state index >= 15 is 0 Å². The van der Waals surface area contributed by atoms with Crippen LogP contribution in [0.25, 0.3) is 0 Å². The van der Waals surface area contributed by atoms with Crippen LogP contribution in [-0.4, -0.2) is 15.7 Å². The smallest absolute Gasteiger partial charge is 0.220 e. The Labute approximate surface area is 48.6 Å². The Morgan fingerprint density at radius 2 is 2.50 bits per heavy atom. The Hall–Kier alpha value is -0.300. The lowest BCUT2D eigenvalue weighted by Crippen LogP contribution is -1.91. The van der Waals surface area contributed by atoms with Crippen molar-refractivity contribution in [1.82, 2.24) is 0 Å². The first kappa shape index (κ1) is 7.70. The van der Waals surface area contributed by atoms with E-state index in [-0.39, 0.29) is 0 Å². The highest BCUT2D eigenvalue weighted by molar-refractivity contribution is 7.78. The van der Waals surface area contributed by atoms with Crippen molar-refractivity contribution in [3.63, 3.8) is 0 Å². The molecule has 48 valence electrons. The van der Waals surface area contributed by atoms with Gasteiger partial charge in [-0.05, 0) is 6.92 Å². The van der Waals surface area contributed by atoms with Crippen LogP contribution in [0.3, 0.4) is 0 Å². The minimum Gasteiger partial charge on any atom is -0.220 e. The van der Waals surface area contributed by atoms with Gasteiger partial charge in [0.15, 0.2) is 0 Å². The zero-order valence-electron chi connectivity index (χ0n) is 4.10. The van der Waals surface area contributed by atoms with Gasteiger partial charge in [-0.15, -0.1) is 0 Å². The maximum absolute atomic E-state index is 10.0. The van der Waals surface area contributed by atoms with Crippen molar-refractivity contribution < 1.29 is 18.8 Å². The van der Waals surface area contributed by atoms with E-state index in [1.54, 1.807) is 6.92 Å². The van der Waals surface area contributed by atoms with E-state index in [4.69, 9.17) is 5.26 Å². The Bertz CT molecular complexity index is 102. The highest BCUT2D eigenvalue weighted by Crippen LogP contribution is 1.83. The van der Waals surface area contributed by atoms with Gasteiger partial charge in [-0.1, -0.05) is 9.37 Å². The normalized spacial score (nSPS) is 14.8. The van der Waals surface area contributed by atoms with Gasteiger partial charge in [0.05, 0.1) is 0 Å². The molecule has 0 aromatic carbocycles. The van der Waals surface area contributed by atoms with Gasteiger partial charge in [-0.2, -0.15) is 4.40 Å². The molecule has 0 saturated heterocycles. The molecule has 0 aromatic heterocycles. The molecule has 0 rings (SSSR count). The molecule has 0 amide bonds. The molecule has 6 heteroatoms. The molecular formula is C2H5NO4S. The van der Waals surface area contributed by atoms with Crippen LogP contribution in [0.5, 0.6) is 0 Å². The zero-order valence-corrected chi connectivity index (χ0v) is 4.92. The summed E-state index contributed by atoms with van der Waals surface area (Å²) in [6.45, 7) is 1.55. The molecule has 1 atom stereocenters. The fraction of sp³-hybridized carbons (Fsp3) is 0.500. The van der Waals surface area contributed by atoms with Gasteiger partial charge in [0.1, 0.15) is 0 Å². The van der Waals surface area contributed by atoms with Gasteiger partial charge in [-0.25, -0.2) is 9.47 Å². The van der Waals surface area contributed by atoms with Crippen LogP contribution in [0.15, 0.2) is 4.40 Å². The molecule has 0 aromatic rings. The van der Waals surface area contributed by atoms with E-state index in [1.165, 1.54) is 6.21 Å². The van der Waals surface area contributed by atoms with Crippen molar-refractivity contribution in [2.45, 2.75) is 6.92 Å². The molecular weight excluding hydrogens is 134 g/mol. The van der Waals surface area contributed by atoms with Crippen molar-refractivity contribution in [2.75, 3.05) is 0 Å². The van der Waals surface area contributed by atoms with E-state index in [2.05, 4.69) is 13.8 Å². The SMILES string of the molecule is C/C=N/S(=O)OOO. The van der Waals surface area contributed by atoms with Crippen LogP contribution in [0.4, 0.5) is 0 Å². The minimum absolute atomic E-state index is 1.26. The third-order valence-electron chi connectivity index (χ3n) is 0.280. The third-order valence-corrected chi connectivity index (χ3v) is 0.840. The molecule has 0 aliphatic rings. The largest absolute Gasteiger partial charge is 0.315 e. The Kier molecular flexibility index (Phi) is 4.67. The Morgan fingerprint density at radius 3 is 2.88 bits per heavy atom. The lowest BCUT2D eigenvalue weighted by Gasteiger charge is -1.85. The van der Waals surface area contributed by atoms with E-state index < -0.39 is 11.3 Å². The average Bonchev–Trinajstić information content (AvgIpc) is 1.68. The topological polar surface area (TPSA) is 68.1 Å². The van der Waals surface area contributed by atoms with Crippen LogP contribution in [0, 0.1) is 0 Å². The van der Waals surface area contributed by atoms with E-state index in [0.29, 0.717) is 0 Å². The second-order valence-electron chi connectivity index (χ2n) is 0.723. The number of rotatable bonds is 3. The van der Waals surface area contributed by atoms with E-state index in [9.17, 15) is 4.21 Å². The molecule has 0 bridgehead atoms. The fourth-order valence-electron chi connectivity index (χ4n) is 0.130. The summed E-state index contributed by atoms with van der Waals surface area (Å²) in [4.78, 5) is 0. The molecule has 5 nitrogen and oxygen atoms in total. The van der Waals surface area contributed by atoms with Crippen LogP contribution in [0.2, 0.25) is 0 Å². The van der Waals surface area contributed by atoms with Gasteiger partial charge in [-0.3, -0.25) is 0 Å². The van der Waals surface area contributed by atoms with Crippen LogP contribution in [0.1, 0.15) is 6.92 Å². The summed E-state index contributed by atoms with van der Waals surface area (Å²) in [5.41, 5.74) is 0. The van der Waals surface area contributed by atoms with Gasteiger partial charge < -0.3 is 0 Å². The fourth-order valence-corrected chi connectivity index (χ4v) is 0.389. The Balaban J connectivity index is 3.33. The first-order valence-electron chi connectivity index (χ1n) is 1.70. The summed E-state index contributed by atoms with van der Waals surface area (Å²) < 4.78 is 16.8. The van der Waals surface area contributed by atoms with E-state index in [1.807, 2.05) is 0 Å². The van der Waals surface area contributed by atoms with Gasteiger partial charge in [0, 0.05) is 6.21 Å². The molecule has 0 saturated carbocycles. The standard InChI is InChI=1S/C2H5NO4S/c1-2-3-8(5)7-6-4/h2,4H,1H3/b3-2+. The predicted molar refractivity (Wildman–Crippen MR) is 27.1 cm³/mol. The number of hydrogen-bond donors (Lipinski definition) is 1. The third kappa shape index (κ3) is 3.88. The van der Waals surface area contributed by atoms with Crippen molar-refractivity contribution in [1.29, 1.82) is 0 Å². The lowest BCUT2D eigenvalue weighted by molar-refractivity contribution is -0.435. The Morgan fingerprint density at radius 1 is 1.88 bits per heavy atom. The molecule has 8 heavy (non-hydrogen) atoms. The monoisotopic (exact) mass is 139 g/mol. The summed E-state index contributed by atoms with van der Waals surface area (Å²) >= 11 is -1.92. The summed E-state index contributed by atoms with van der Waals surface area (Å²) in [6.07, 6.45) is 1.26. The second-order valence-corrected chi connectivity index (χ2v) is 1.50. The summed E-state index contributed by atoms with van der Waals surface area (Å²) in [5, 5.41) is 10.5. The molecule has 0 heterocycles. The maximum atomic E-state index is 10.0. The average molecular weight is 139 g/mol. The van der Waals surface area contributed by atoms with Crippen LogP contribution >= 0.6 is 0 Å². The second kappa shape index (κ2) is 4.85. The van der Waals surface area contributed by atoms with Crippen molar-refractivity contribution in [2.24, 2.45) is 4.40 Å². The van der Waals surface area contributed by atoms with Crippen LogP contribution in [-0.2, 0) is 20.6 Å². The van der Waals surface area contributed by atoms with Crippen molar-refractivity contribution in [3.8, 4) is 0 Å². The molecule has 0 radical (unpaired) electrons.